The zero-order valence-electron chi connectivity index (χ0n) is 11.4. The van der Waals surface area contributed by atoms with E-state index in [0.717, 1.165) is 32.5 Å². The van der Waals surface area contributed by atoms with Crippen molar-refractivity contribution >= 4 is 11.8 Å². The van der Waals surface area contributed by atoms with Crippen LogP contribution in [0.1, 0.15) is 53.6 Å². The summed E-state index contributed by atoms with van der Waals surface area (Å²) in [7, 11) is 0. The molecule has 1 N–H and O–H groups in total. The molecule has 1 aliphatic heterocycles. The van der Waals surface area contributed by atoms with Crippen molar-refractivity contribution in [3.8, 4) is 0 Å². The molecule has 1 aromatic heterocycles. The van der Waals surface area contributed by atoms with Gasteiger partial charge in [-0.2, -0.15) is 0 Å². The summed E-state index contributed by atoms with van der Waals surface area (Å²) in [6.07, 6.45) is 3.71. The van der Waals surface area contributed by atoms with Gasteiger partial charge in [-0.25, -0.2) is 4.79 Å². The molecule has 1 atom stereocenters. The average molecular weight is 264 g/mol. The molecule has 1 aliphatic rings. The molecule has 0 amide bonds. The lowest BCUT2D eigenvalue weighted by Crippen LogP contribution is -2.36. The number of piperidine rings is 1. The van der Waals surface area contributed by atoms with Gasteiger partial charge in [-0.15, -0.1) is 0 Å². The molecule has 0 aliphatic carbocycles. The molecule has 0 spiro atoms. The van der Waals surface area contributed by atoms with Gasteiger partial charge in [0, 0.05) is 24.3 Å². The molecule has 104 valence electrons. The maximum absolute atomic E-state index is 11.4. The van der Waals surface area contributed by atoms with E-state index in [1.54, 1.807) is 10.8 Å². The van der Waals surface area contributed by atoms with Crippen LogP contribution in [0, 0.1) is 0 Å². The number of aromatic nitrogens is 1. The van der Waals surface area contributed by atoms with Gasteiger partial charge >= 0.3 is 5.97 Å². The van der Waals surface area contributed by atoms with Crippen molar-refractivity contribution in [2.24, 2.45) is 0 Å². The van der Waals surface area contributed by atoms with Crippen LogP contribution >= 0.6 is 0 Å². The molecular weight excluding hydrogens is 244 g/mol. The lowest BCUT2D eigenvalue weighted by Gasteiger charge is -2.33. The highest BCUT2D eigenvalue weighted by molar-refractivity contribution is 5.97. The molecule has 1 aromatic rings. The first-order valence-electron chi connectivity index (χ1n) is 6.71. The van der Waals surface area contributed by atoms with E-state index in [9.17, 15) is 14.7 Å². The highest BCUT2D eigenvalue weighted by Gasteiger charge is 2.25. The molecule has 0 bridgehead atoms. The van der Waals surface area contributed by atoms with Crippen molar-refractivity contribution in [2.45, 2.75) is 32.7 Å². The number of carboxylic acids is 1. The van der Waals surface area contributed by atoms with Gasteiger partial charge in [0.25, 0.3) is 0 Å². The Morgan fingerprint density at radius 1 is 1.47 bits per heavy atom. The Balaban J connectivity index is 2.32. The highest BCUT2D eigenvalue weighted by atomic mass is 16.4. The Labute approximate surface area is 112 Å². The Morgan fingerprint density at radius 3 is 2.79 bits per heavy atom. The molecule has 0 saturated carbocycles. The molecule has 1 saturated heterocycles. The van der Waals surface area contributed by atoms with Crippen LogP contribution in [0.2, 0.25) is 0 Å². The quantitative estimate of drug-likeness (QED) is 0.845. The van der Waals surface area contributed by atoms with Gasteiger partial charge in [0.1, 0.15) is 5.69 Å². The van der Waals surface area contributed by atoms with Crippen molar-refractivity contribution in [1.29, 1.82) is 0 Å². The molecule has 0 radical (unpaired) electrons. The molecule has 5 heteroatoms. The summed E-state index contributed by atoms with van der Waals surface area (Å²) < 4.78 is 1.76. The van der Waals surface area contributed by atoms with E-state index in [-0.39, 0.29) is 17.5 Å². The predicted octanol–water partition coefficient (Wildman–Crippen LogP) is 2.05. The predicted molar refractivity (Wildman–Crippen MR) is 71.8 cm³/mol. The van der Waals surface area contributed by atoms with Gasteiger partial charge in [0.2, 0.25) is 0 Å². The number of hydrogen-bond acceptors (Lipinski definition) is 3. The molecule has 1 fully saturated rings. The standard InChI is InChI=1S/C14H20N2O3/c1-3-15-6-4-5-12(9-15)16-8-11(10(2)17)7-13(16)14(18)19/h7-8,12H,3-6,9H2,1-2H3,(H,18,19). The average Bonchev–Trinajstić information content (AvgIpc) is 2.84. The van der Waals surface area contributed by atoms with E-state index in [4.69, 9.17) is 0 Å². The van der Waals surface area contributed by atoms with Crippen molar-refractivity contribution in [1.82, 2.24) is 9.47 Å². The monoisotopic (exact) mass is 264 g/mol. The maximum atomic E-state index is 11.4. The summed E-state index contributed by atoms with van der Waals surface area (Å²) in [6, 6.07) is 1.63. The van der Waals surface area contributed by atoms with E-state index in [0.29, 0.717) is 5.56 Å². The Hall–Kier alpha value is -1.62. The lowest BCUT2D eigenvalue weighted by atomic mass is 10.1. The van der Waals surface area contributed by atoms with Crippen LogP contribution in [0.5, 0.6) is 0 Å². The van der Waals surface area contributed by atoms with Crippen molar-refractivity contribution in [2.75, 3.05) is 19.6 Å². The second-order valence-electron chi connectivity index (χ2n) is 5.07. The second-order valence-corrected chi connectivity index (χ2v) is 5.07. The van der Waals surface area contributed by atoms with Crippen LogP contribution in [0.3, 0.4) is 0 Å². The van der Waals surface area contributed by atoms with Gasteiger partial charge in [-0.1, -0.05) is 6.92 Å². The highest BCUT2D eigenvalue weighted by Crippen LogP contribution is 2.25. The van der Waals surface area contributed by atoms with Gasteiger partial charge in [-0.05, 0) is 38.9 Å². The number of carboxylic acid groups (broad SMARTS) is 1. The van der Waals surface area contributed by atoms with Crippen molar-refractivity contribution < 1.29 is 14.7 Å². The molecule has 2 heterocycles. The number of aromatic carboxylic acids is 1. The lowest BCUT2D eigenvalue weighted by molar-refractivity contribution is 0.0677. The zero-order chi connectivity index (χ0) is 14.0. The van der Waals surface area contributed by atoms with Crippen molar-refractivity contribution in [3.05, 3.63) is 23.5 Å². The van der Waals surface area contributed by atoms with Crippen LogP contribution in [-0.4, -0.2) is 46.0 Å². The molecular formula is C14H20N2O3. The topological polar surface area (TPSA) is 62.5 Å². The summed E-state index contributed by atoms with van der Waals surface area (Å²) in [4.78, 5) is 25.0. The minimum atomic E-state index is -0.971. The van der Waals surface area contributed by atoms with Crippen LogP contribution in [0.15, 0.2) is 12.3 Å². The van der Waals surface area contributed by atoms with Crippen LogP contribution in [0.25, 0.3) is 0 Å². The zero-order valence-corrected chi connectivity index (χ0v) is 11.4. The smallest absolute Gasteiger partial charge is 0.352 e. The third-order valence-electron chi connectivity index (χ3n) is 3.80. The van der Waals surface area contributed by atoms with Gasteiger partial charge in [0.05, 0.1) is 0 Å². The summed E-state index contributed by atoms with van der Waals surface area (Å²) >= 11 is 0. The number of ketones is 1. The minimum Gasteiger partial charge on any atom is -0.477 e. The third kappa shape index (κ3) is 2.87. The third-order valence-corrected chi connectivity index (χ3v) is 3.80. The van der Waals surface area contributed by atoms with E-state index in [1.165, 1.54) is 13.0 Å². The van der Waals surface area contributed by atoms with Crippen LogP contribution in [0.4, 0.5) is 0 Å². The van der Waals surface area contributed by atoms with Crippen LogP contribution < -0.4 is 0 Å². The number of hydrogen-bond donors (Lipinski definition) is 1. The Morgan fingerprint density at radius 2 is 2.21 bits per heavy atom. The Kier molecular flexibility index (Phi) is 4.04. The fraction of sp³-hybridized carbons (Fsp3) is 0.571. The molecule has 2 rings (SSSR count). The number of likely N-dealkylation sites (tertiary alicyclic amines) is 1. The van der Waals surface area contributed by atoms with Gasteiger partial charge in [-0.3, -0.25) is 4.79 Å². The maximum Gasteiger partial charge on any atom is 0.352 e. The summed E-state index contributed by atoms with van der Waals surface area (Å²) in [5, 5.41) is 9.27. The van der Waals surface area contributed by atoms with E-state index in [2.05, 4.69) is 11.8 Å². The fourth-order valence-corrected chi connectivity index (χ4v) is 2.69. The number of carbonyl (C=O) groups excluding carboxylic acids is 1. The number of nitrogens with zero attached hydrogens (tertiary/aromatic N) is 2. The number of Topliss-reactive ketones (excluding diaryl/α,β-unsaturated/α-hetero) is 1. The minimum absolute atomic E-state index is 0.0931. The summed E-state index contributed by atoms with van der Waals surface area (Å²) in [5.41, 5.74) is 0.694. The van der Waals surface area contributed by atoms with Crippen LogP contribution in [-0.2, 0) is 0 Å². The second kappa shape index (κ2) is 5.57. The van der Waals surface area contributed by atoms with E-state index in [1.807, 2.05) is 0 Å². The van der Waals surface area contributed by atoms with E-state index < -0.39 is 5.97 Å². The number of likely N-dealkylation sites (N-methyl/N-ethyl adjacent to an activating group) is 1. The van der Waals surface area contributed by atoms with Gasteiger partial charge in [0.15, 0.2) is 5.78 Å². The van der Waals surface area contributed by atoms with Gasteiger partial charge < -0.3 is 14.6 Å². The molecule has 5 nitrogen and oxygen atoms in total. The molecule has 0 aromatic carbocycles. The Bertz CT molecular complexity index is 493. The normalized spacial score (nSPS) is 20.4. The number of rotatable bonds is 4. The SMILES string of the molecule is CCN1CCCC(n2cc(C(C)=O)cc2C(=O)O)C1. The molecule has 19 heavy (non-hydrogen) atoms. The largest absolute Gasteiger partial charge is 0.477 e. The first-order valence-corrected chi connectivity index (χ1v) is 6.71. The first-order chi connectivity index (χ1) is 9.02. The first kappa shape index (κ1) is 13.8. The fourth-order valence-electron chi connectivity index (χ4n) is 2.69. The molecule has 1 unspecified atom stereocenters. The summed E-state index contributed by atoms with van der Waals surface area (Å²) in [6.45, 7) is 6.46. The summed E-state index contributed by atoms with van der Waals surface area (Å²) in [5.74, 6) is -1.06. The van der Waals surface area contributed by atoms with Crippen molar-refractivity contribution in [3.63, 3.8) is 0 Å². The number of carbonyl (C=O) groups is 2. The van der Waals surface area contributed by atoms with E-state index >= 15 is 0 Å².